The van der Waals surface area contributed by atoms with Crippen molar-refractivity contribution in [1.29, 1.82) is 0 Å². The predicted molar refractivity (Wildman–Crippen MR) is 79.7 cm³/mol. The Bertz CT molecular complexity index is 431. The molecule has 1 heterocycles. The van der Waals surface area contributed by atoms with Crippen molar-refractivity contribution in [3.8, 4) is 5.75 Å². The van der Waals surface area contributed by atoms with Gasteiger partial charge in [-0.3, -0.25) is 4.79 Å². The van der Waals surface area contributed by atoms with E-state index in [4.69, 9.17) is 10.5 Å². The van der Waals surface area contributed by atoms with Crippen LogP contribution in [0.3, 0.4) is 0 Å². The minimum atomic E-state index is 0.161. The summed E-state index contributed by atoms with van der Waals surface area (Å²) in [5.41, 5.74) is 7.15. The molecule has 4 heteroatoms. The van der Waals surface area contributed by atoms with E-state index in [1.807, 2.05) is 17.0 Å². The Kier molecular flexibility index (Phi) is 5.41. The summed E-state index contributed by atoms with van der Waals surface area (Å²) in [6.07, 6.45) is 4.49. The number of amides is 1. The van der Waals surface area contributed by atoms with Crippen LogP contribution in [0.5, 0.6) is 5.75 Å². The van der Waals surface area contributed by atoms with Crippen molar-refractivity contribution < 1.29 is 9.53 Å². The van der Waals surface area contributed by atoms with Crippen molar-refractivity contribution in [1.82, 2.24) is 4.90 Å². The molecule has 1 aromatic rings. The number of rotatable bonds is 5. The van der Waals surface area contributed by atoms with E-state index < -0.39 is 0 Å². The number of hydrogen-bond donors (Lipinski definition) is 1. The van der Waals surface area contributed by atoms with Gasteiger partial charge in [0, 0.05) is 25.6 Å². The SMILES string of the molecule is COc1ccc(CCCC(=O)N2CCCC(N)C2)cc1. The number of hydrogen-bond acceptors (Lipinski definition) is 3. The molecule has 2 N–H and O–H groups in total. The second kappa shape index (κ2) is 7.29. The third-order valence-corrected chi connectivity index (χ3v) is 3.83. The Labute approximate surface area is 120 Å². The van der Waals surface area contributed by atoms with Gasteiger partial charge in [0.1, 0.15) is 5.75 Å². The zero-order valence-electron chi connectivity index (χ0n) is 12.2. The maximum atomic E-state index is 12.1. The summed E-state index contributed by atoms with van der Waals surface area (Å²) in [6, 6.07) is 8.19. The van der Waals surface area contributed by atoms with Gasteiger partial charge in [0.15, 0.2) is 0 Å². The van der Waals surface area contributed by atoms with Crippen LogP contribution in [-0.2, 0) is 11.2 Å². The molecule has 1 amide bonds. The highest BCUT2D eigenvalue weighted by Crippen LogP contribution is 2.14. The van der Waals surface area contributed by atoms with Crippen molar-refractivity contribution in [3.63, 3.8) is 0 Å². The summed E-state index contributed by atoms with van der Waals surface area (Å²) in [4.78, 5) is 14.0. The molecule has 0 aromatic heterocycles. The van der Waals surface area contributed by atoms with Gasteiger partial charge < -0.3 is 15.4 Å². The fourth-order valence-electron chi connectivity index (χ4n) is 2.63. The number of carbonyl (C=O) groups is 1. The number of methoxy groups -OCH3 is 1. The molecule has 0 spiro atoms. The summed E-state index contributed by atoms with van der Waals surface area (Å²) in [7, 11) is 1.66. The van der Waals surface area contributed by atoms with Gasteiger partial charge in [-0.2, -0.15) is 0 Å². The summed E-state index contributed by atoms with van der Waals surface area (Å²) >= 11 is 0. The standard InChI is InChI=1S/C16H24N2O2/c1-20-15-9-7-13(8-10-15)4-2-6-16(19)18-11-3-5-14(17)12-18/h7-10,14H,2-6,11-12,17H2,1H3. The first-order valence-corrected chi connectivity index (χ1v) is 7.35. The minimum Gasteiger partial charge on any atom is -0.497 e. The summed E-state index contributed by atoms with van der Waals surface area (Å²) in [5, 5.41) is 0. The molecule has 1 aliphatic heterocycles. The molecule has 110 valence electrons. The van der Waals surface area contributed by atoms with E-state index in [0.29, 0.717) is 6.42 Å². The lowest BCUT2D eigenvalue weighted by atomic mass is 10.0. The lowest BCUT2D eigenvalue weighted by Crippen LogP contribution is -2.45. The molecule has 1 aliphatic rings. The predicted octanol–water partition coefficient (Wildman–Crippen LogP) is 1.97. The fourth-order valence-corrected chi connectivity index (χ4v) is 2.63. The third kappa shape index (κ3) is 4.23. The Balaban J connectivity index is 1.73. The third-order valence-electron chi connectivity index (χ3n) is 3.83. The monoisotopic (exact) mass is 276 g/mol. The second-order valence-electron chi connectivity index (χ2n) is 5.44. The lowest BCUT2D eigenvalue weighted by Gasteiger charge is -2.30. The van der Waals surface area contributed by atoms with Crippen molar-refractivity contribution in [2.45, 2.75) is 38.1 Å². The van der Waals surface area contributed by atoms with Gasteiger partial charge in [-0.1, -0.05) is 12.1 Å². The molecule has 0 radical (unpaired) electrons. The Morgan fingerprint density at radius 2 is 2.15 bits per heavy atom. The number of likely N-dealkylation sites (tertiary alicyclic amines) is 1. The average Bonchev–Trinajstić information content (AvgIpc) is 2.48. The number of nitrogens with two attached hydrogens (primary N) is 1. The van der Waals surface area contributed by atoms with Gasteiger partial charge in [0.2, 0.25) is 5.91 Å². The zero-order valence-corrected chi connectivity index (χ0v) is 12.2. The fraction of sp³-hybridized carbons (Fsp3) is 0.562. The number of piperidine rings is 1. The molecule has 2 rings (SSSR count). The molecule has 1 unspecified atom stereocenters. The molecule has 0 aliphatic carbocycles. The summed E-state index contributed by atoms with van der Waals surface area (Å²) < 4.78 is 5.13. The van der Waals surface area contributed by atoms with Crippen LogP contribution in [-0.4, -0.2) is 37.0 Å². The average molecular weight is 276 g/mol. The van der Waals surface area contributed by atoms with Crippen LogP contribution >= 0.6 is 0 Å². The smallest absolute Gasteiger partial charge is 0.222 e. The van der Waals surface area contributed by atoms with Crippen LogP contribution in [0, 0.1) is 0 Å². The van der Waals surface area contributed by atoms with E-state index in [-0.39, 0.29) is 11.9 Å². The Hall–Kier alpha value is -1.55. The molecular formula is C16H24N2O2. The van der Waals surface area contributed by atoms with Crippen LogP contribution in [0.2, 0.25) is 0 Å². The number of aryl methyl sites for hydroxylation is 1. The van der Waals surface area contributed by atoms with E-state index >= 15 is 0 Å². The Morgan fingerprint density at radius 1 is 1.40 bits per heavy atom. The van der Waals surface area contributed by atoms with Crippen LogP contribution in [0.1, 0.15) is 31.2 Å². The van der Waals surface area contributed by atoms with Crippen LogP contribution in [0.4, 0.5) is 0 Å². The highest BCUT2D eigenvalue weighted by molar-refractivity contribution is 5.76. The van der Waals surface area contributed by atoms with Gasteiger partial charge >= 0.3 is 0 Å². The van der Waals surface area contributed by atoms with Crippen molar-refractivity contribution >= 4 is 5.91 Å². The van der Waals surface area contributed by atoms with Crippen LogP contribution in [0.15, 0.2) is 24.3 Å². The Morgan fingerprint density at radius 3 is 2.80 bits per heavy atom. The summed E-state index contributed by atoms with van der Waals surface area (Å²) in [5.74, 6) is 1.11. The maximum Gasteiger partial charge on any atom is 0.222 e. The molecule has 0 bridgehead atoms. The molecular weight excluding hydrogens is 252 g/mol. The second-order valence-corrected chi connectivity index (χ2v) is 5.44. The first-order valence-electron chi connectivity index (χ1n) is 7.35. The first-order chi connectivity index (χ1) is 9.69. The molecule has 0 saturated carbocycles. The molecule has 1 aromatic carbocycles. The number of carbonyl (C=O) groups excluding carboxylic acids is 1. The topological polar surface area (TPSA) is 55.6 Å². The van der Waals surface area contributed by atoms with Gasteiger partial charge in [-0.05, 0) is 43.4 Å². The van der Waals surface area contributed by atoms with Crippen LogP contribution in [0.25, 0.3) is 0 Å². The number of nitrogens with zero attached hydrogens (tertiary/aromatic N) is 1. The molecule has 20 heavy (non-hydrogen) atoms. The van der Waals surface area contributed by atoms with E-state index in [1.165, 1.54) is 5.56 Å². The number of ether oxygens (including phenoxy) is 1. The highest BCUT2D eigenvalue weighted by Gasteiger charge is 2.20. The van der Waals surface area contributed by atoms with E-state index in [9.17, 15) is 4.79 Å². The van der Waals surface area contributed by atoms with Crippen molar-refractivity contribution in [2.75, 3.05) is 20.2 Å². The normalized spacial score (nSPS) is 18.9. The van der Waals surface area contributed by atoms with Crippen molar-refractivity contribution in [2.24, 2.45) is 5.73 Å². The van der Waals surface area contributed by atoms with E-state index in [2.05, 4.69) is 12.1 Å². The van der Waals surface area contributed by atoms with E-state index in [0.717, 1.165) is 44.5 Å². The van der Waals surface area contributed by atoms with E-state index in [1.54, 1.807) is 7.11 Å². The van der Waals surface area contributed by atoms with Crippen molar-refractivity contribution in [3.05, 3.63) is 29.8 Å². The minimum absolute atomic E-state index is 0.161. The molecule has 1 atom stereocenters. The highest BCUT2D eigenvalue weighted by atomic mass is 16.5. The van der Waals surface area contributed by atoms with Crippen LogP contribution < -0.4 is 10.5 Å². The van der Waals surface area contributed by atoms with Gasteiger partial charge in [0.25, 0.3) is 0 Å². The largest absolute Gasteiger partial charge is 0.497 e. The maximum absolute atomic E-state index is 12.1. The molecule has 4 nitrogen and oxygen atoms in total. The van der Waals surface area contributed by atoms with Gasteiger partial charge in [-0.15, -0.1) is 0 Å². The lowest BCUT2D eigenvalue weighted by molar-refractivity contribution is -0.132. The zero-order chi connectivity index (χ0) is 14.4. The molecule has 1 fully saturated rings. The van der Waals surface area contributed by atoms with Gasteiger partial charge in [-0.25, -0.2) is 0 Å². The van der Waals surface area contributed by atoms with Gasteiger partial charge in [0.05, 0.1) is 7.11 Å². The first kappa shape index (κ1) is 14.9. The molecule has 1 saturated heterocycles. The quantitative estimate of drug-likeness (QED) is 0.894. The number of benzene rings is 1. The summed E-state index contributed by atoms with van der Waals surface area (Å²) in [6.45, 7) is 1.59.